The van der Waals surface area contributed by atoms with E-state index in [0.29, 0.717) is 32.7 Å². The Bertz CT molecular complexity index is 364. The number of hydrogen-bond donors (Lipinski definition) is 2. The molecule has 0 radical (unpaired) electrons. The number of aliphatic hydroxyl groups is 1. The SMILES string of the molecule is O=C(O)CN1CCCN(C(=O)N2CCC(CO)C2)CC1. The maximum atomic E-state index is 12.4. The Morgan fingerprint density at radius 2 is 1.85 bits per heavy atom. The lowest BCUT2D eigenvalue weighted by molar-refractivity contribution is -0.138. The first-order chi connectivity index (χ1) is 9.60. The number of nitrogens with zero attached hydrogens (tertiary/aromatic N) is 3. The highest BCUT2D eigenvalue weighted by atomic mass is 16.4. The van der Waals surface area contributed by atoms with Gasteiger partial charge in [-0.2, -0.15) is 0 Å². The second kappa shape index (κ2) is 6.90. The van der Waals surface area contributed by atoms with Crippen LogP contribution in [0.5, 0.6) is 0 Å². The lowest BCUT2D eigenvalue weighted by Crippen LogP contribution is -2.44. The molecule has 0 saturated carbocycles. The molecule has 2 fully saturated rings. The van der Waals surface area contributed by atoms with Crippen molar-refractivity contribution in [1.29, 1.82) is 0 Å². The zero-order chi connectivity index (χ0) is 14.5. The van der Waals surface area contributed by atoms with Gasteiger partial charge in [0.2, 0.25) is 0 Å². The van der Waals surface area contributed by atoms with Crippen molar-refractivity contribution < 1.29 is 19.8 Å². The number of carboxylic acids is 1. The fraction of sp³-hybridized carbons (Fsp3) is 0.846. The number of rotatable bonds is 3. The van der Waals surface area contributed by atoms with Crippen LogP contribution < -0.4 is 0 Å². The minimum absolute atomic E-state index is 0.0260. The van der Waals surface area contributed by atoms with Crippen LogP contribution in [0.25, 0.3) is 0 Å². The molecule has 1 unspecified atom stereocenters. The summed E-state index contributed by atoms with van der Waals surface area (Å²) in [6.07, 6.45) is 1.66. The van der Waals surface area contributed by atoms with Gasteiger partial charge in [-0.25, -0.2) is 4.79 Å². The Kier molecular flexibility index (Phi) is 5.19. The van der Waals surface area contributed by atoms with Crippen LogP contribution in [-0.4, -0.2) is 89.3 Å². The van der Waals surface area contributed by atoms with Gasteiger partial charge in [-0.3, -0.25) is 9.69 Å². The molecule has 0 aromatic heterocycles. The molecule has 2 amide bonds. The molecule has 0 aromatic carbocycles. The summed E-state index contributed by atoms with van der Waals surface area (Å²) in [4.78, 5) is 28.6. The Balaban J connectivity index is 1.84. The van der Waals surface area contributed by atoms with Crippen LogP contribution in [0.4, 0.5) is 4.79 Å². The third kappa shape index (κ3) is 3.83. The summed E-state index contributed by atoms with van der Waals surface area (Å²) in [6.45, 7) is 4.09. The van der Waals surface area contributed by atoms with Crippen molar-refractivity contribution >= 4 is 12.0 Å². The van der Waals surface area contributed by atoms with Crippen LogP contribution in [0.15, 0.2) is 0 Å². The maximum absolute atomic E-state index is 12.4. The van der Waals surface area contributed by atoms with Crippen molar-refractivity contribution in [2.24, 2.45) is 5.92 Å². The Hall–Kier alpha value is -1.34. The average Bonchev–Trinajstić information content (AvgIpc) is 2.78. The first-order valence-electron chi connectivity index (χ1n) is 7.19. The van der Waals surface area contributed by atoms with E-state index in [9.17, 15) is 9.59 Å². The smallest absolute Gasteiger partial charge is 0.320 e. The van der Waals surface area contributed by atoms with Gasteiger partial charge in [-0.1, -0.05) is 0 Å². The number of urea groups is 1. The summed E-state index contributed by atoms with van der Waals surface area (Å²) in [5, 5.41) is 17.9. The Morgan fingerprint density at radius 1 is 1.05 bits per heavy atom. The zero-order valence-electron chi connectivity index (χ0n) is 11.7. The molecule has 1 atom stereocenters. The van der Waals surface area contributed by atoms with Gasteiger partial charge >= 0.3 is 12.0 Å². The average molecular weight is 285 g/mol. The topological polar surface area (TPSA) is 84.3 Å². The Morgan fingerprint density at radius 3 is 2.50 bits per heavy atom. The summed E-state index contributed by atoms with van der Waals surface area (Å²) in [6, 6.07) is 0.0260. The van der Waals surface area contributed by atoms with Gasteiger partial charge in [0.15, 0.2) is 0 Å². The number of hydrogen-bond acceptors (Lipinski definition) is 4. The molecule has 0 aliphatic carbocycles. The molecule has 2 N–H and O–H groups in total. The molecule has 2 aliphatic rings. The number of carbonyl (C=O) groups is 2. The first kappa shape index (κ1) is 15.1. The molecule has 2 saturated heterocycles. The molecule has 2 heterocycles. The van der Waals surface area contributed by atoms with Crippen molar-refractivity contribution in [3.8, 4) is 0 Å². The summed E-state index contributed by atoms with van der Waals surface area (Å²) in [5.41, 5.74) is 0. The number of aliphatic carboxylic acids is 1. The van der Waals surface area contributed by atoms with Gasteiger partial charge < -0.3 is 20.0 Å². The van der Waals surface area contributed by atoms with Crippen LogP contribution in [-0.2, 0) is 4.79 Å². The van der Waals surface area contributed by atoms with Gasteiger partial charge in [0, 0.05) is 51.8 Å². The van der Waals surface area contributed by atoms with E-state index in [1.807, 2.05) is 9.80 Å². The van der Waals surface area contributed by atoms with Crippen LogP contribution in [0.1, 0.15) is 12.8 Å². The van der Waals surface area contributed by atoms with E-state index < -0.39 is 5.97 Å². The minimum Gasteiger partial charge on any atom is -0.480 e. The summed E-state index contributed by atoms with van der Waals surface area (Å²) in [7, 11) is 0. The molecular weight excluding hydrogens is 262 g/mol. The van der Waals surface area contributed by atoms with E-state index in [0.717, 1.165) is 19.4 Å². The van der Waals surface area contributed by atoms with Gasteiger partial charge in [0.25, 0.3) is 0 Å². The predicted octanol–water partition coefficient (Wildman–Crippen LogP) is -0.487. The lowest BCUT2D eigenvalue weighted by atomic mass is 10.1. The van der Waals surface area contributed by atoms with Gasteiger partial charge in [-0.05, 0) is 12.8 Å². The normalized spacial score (nSPS) is 24.8. The van der Waals surface area contributed by atoms with E-state index in [2.05, 4.69) is 0 Å². The van der Waals surface area contributed by atoms with Crippen molar-refractivity contribution in [3.05, 3.63) is 0 Å². The fourth-order valence-corrected chi connectivity index (χ4v) is 2.87. The summed E-state index contributed by atoms with van der Waals surface area (Å²) < 4.78 is 0. The fourth-order valence-electron chi connectivity index (χ4n) is 2.87. The molecule has 7 nitrogen and oxygen atoms in total. The van der Waals surface area contributed by atoms with Gasteiger partial charge in [0.1, 0.15) is 0 Å². The number of likely N-dealkylation sites (tertiary alicyclic amines) is 1. The largest absolute Gasteiger partial charge is 0.480 e. The third-order valence-corrected chi connectivity index (χ3v) is 4.03. The van der Waals surface area contributed by atoms with Crippen LogP contribution in [0.3, 0.4) is 0 Å². The number of aliphatic hydroxyl groups excluding tert-OH is 1. The van der Waals surface area contributed by atoms with Gasteiger partial charge in [-0.15, -0.1) is 0 Å². The molecule has 0 spiro atoms. The Labute approximate surface area is 118 Å². The summed E-state index contributed by atoms with van der Waals surface area (Å²) in [5.74, 6) is -0.621. The molecule has 0 aromatic rings. The molecule has 7 heteroatoms. The highest BCUT2D eigenvalue weighted by Crippen LogP contribution is 2.17. The predicted molar refractivity (Wildman–Crippen MR) is 72.4 cm³/mol. The highest BCUT2D eigenvalue weighted by molar-refractivity contribution is 5.75. The monoisotopic (exact) mass is 285 g/mol. The van der Waals surface area contributed by atoms with E-state index in [4.69, 9.17) is 10.2 Å². The quantitative estimate of drug-likeness (QED) is 0.731. The first-order valence-corrected chi connectivity index (χ1v) is 7.19. The second-order valence-corrected chi connectivity index (χ2v) is 5.58. The molecule has 2 rings (SSSR count). The third-order valence-electron chi connectivity index (χ3n) is 4.03. The molecule has 20 heavy (non-hydrogen) atoms. The zero-order valence-corrected chi connectivity index (χ0v) is 11.7. The number of carbonyl (C=O) groups excluding carboxylic acids is 1. The molecule has 2 aliphatic heterocycles. The maximum Gasteiger partial charge on any atom is 0.320 e. The number of carboxylic acid groups (broad SMARTS) is 1. The standard InChI is InChI=1S/C13H23N3O4/c17-10-11-2-5-16(8-11)13(20)15-4-1-3-14(6-7-15)9-12(18)19/h11,17H,1-10H2,(H,18,19). The molecular formula is C13H23N3O4. The summed E-state index contributed by atoms with van der Waals surface area (Å²) >= 11 is 0. The number of amides is 2. The van der Waals surface area contributed by atoms with Crippen LogP contribution in [0, 0.1) is 5.92 Å². The second-order valence-electron chi connectivity index (χ2n) is 5.58. The minimum atomic E-state index is -0.824. The molecule has 114 valence electrons. The van der Waals surface area contributed by atoms with E-state index in [1.54, 1.807) is 4.90 Å². The van der Waals surface area contributed by atoms with E-state index in [-0.39, 0.29) is 25.1 Å². The van der Waals surface area contributed by atoms with Crippen molar-refractivity contribution in [2.75, 3.05) is 52.4 Å². The van der Waals surface area contributed by atoms with Crippen molar-refractivity contribution in [3.63, 3.8) is 0 Å². The van der Waals surface area contributed by atoms with Crippen molar-refractivity contribution in [2.45, 2.75) is 12.8 Å². The van der Waals surface area contributed by atoms with Crippen LogP contribution in [0.2, 0.25) is 0 Å². The van der Waals surface area contributed by atoms with E-state index in [1.165, 1.54) is 0 Å². The highest BCUT2D eigenvalue weighted by Gasteiger charge is 2.29. The van der Waals surface area contributed by atoms with Crippen molar-refractivity contribution in [1.82, 2.24) is 14.7 Å². The van der Waals surface area contributed by atoms with Gasteiger partial charge in [0.05, 0.1) is 6.54 Å². The molecule has 0 bridgehead atoms. The van der Waals surface area contributed by atoms with Crippen LogP contribution >= 0.6 is 0 Å². The lowest BCUT2D eigenvalue weighted by Gasteiger charge is -2.27. The van der Waals surface area contributed by atoms with E-state index >= 15 is 0 Å².